The zero-order valence-corrected chi connectivity index (χ0v) is 16.8. The van der Waals surface area contributed by atoms with E-state index < -0.39 is 18.2 Å². The van der Waals surface area contributed by atoms with E-state index in [9.17, 15) is 13.2 Å². The van der Waals surface area contributed by atoms with Crippen LogP contribution in [-0.4, -0.2) is 42.9 Å². The Morgan fingerprint density at radius 2 is 1.89 bits per heavy atom. The maximum Gasteiger partial charge on any atom is 0.464 e. The minimum atomic E-state index is -3.03. The molecule has 0 radical (unpaired) electrons. The van der Waals surface area contributed by atoms with Gasteiger partial charge in [-0.25, -0.2) is 4.39 Å². The van der Waals surface area contributed by atoms with E-state index in [0.717, 1.165) is 31.5 Å². The third kappa shape index (κ3) is 3.44. The Morgan fingerprint density at radius 1 is 1.21 bits per heavy atom. The summed E-state index contributed by atoms with van der Waals surface area (Å²) < 4.78 is 55.2. The van der Waals surface area contributed by atoms with Gasteiger partial charge < -0.3 is 14.0 Å². The van der Waals surface area contributed by atoms with Gasteiger partial charge in [0.15, 0.2) is 11.6 Å². The van der Waals surface area contributed by atoms with Crippen molar-refractivity contribution in [3.63, 3.8) is 0 Å². The van der Waals surface area contributed by atoms with E-state index in [1.165, 1.54) is 12.1 Å². The van der Waals surface area contributed by atoms with Crippen LogP contribution in [0.3, 0.4) is 0 Å². The van der Waals surface area contributed by atoms with E-state index in [1.807, 2.05) is 0 Å². The molecule has 2 unspecified atom stereocenters. The molecule has 1 aromatic carbocycles. The average molecular weight is 397 g/mol. The van der Waals surface area contributed by atoms with Gasteiger partial charge in [0.2, 0.25) is 0 Å². The molecule has 0 amide bonds. The number of piperidine rings is 1. The summed E-state index contributed by atoms with van der Waals surface area (Å²) in [4.78, 5) is 2.28. The number of rotatable bonds is 5. The smallest absolute Gasteiger partial charge is 0.432 e. The van der Waals surface area contributed by atoms with Crippen molar-refractivity contribution >= 4 is 7.12 Å². The zero-order valence-electron chi connectivity index (χ0n) is 16.8. The number of hydrogen-bond donors (Lipinski definition) is 0. The molecule has 3 aliphatic rings. The lowest BCUT2D eigenvalue weighted by molar-refractivity contribution is -0.0522. The molecule has 2 heterocycles. The standard InChI is InChI=1S/C20H27BF3NO3/c1-18(2)19(3,4)28-21(27-18)20-7-8-25(12-14(20)10-20)11-13-5-6-16(15(22)9-13)26-17(23)24/h5-6,9,14,17H,7-8,10-12H2,1-4H3. The molecule has 1 saturated carbocycles. The number of ether oxygens (including phenoxy) is 1. The lowest BCUT2D eigenvalue weighted by Crippen LogP contribution is -2.41. The molecule has 2 aliphatic heterocycles. The molecule has 1 aliphatic carbocycles. The minimum Gasteiger partial charge on any atom is -0.432 e. The summed E-state index contributed by atoms with van der Waals surface area (Å²) >= 11 is 0. The number of hydrogen-bond acceptors (Lipinski definition) is 4. The van der Waals surface area contributed by atoms with Gasteiger partial charge >= 0.3 is 13.7 Å². The molecule has 0 bridgehead atoms. The molecule has 2 atom stereocenters. The van der Waals surface area contributed by atoms with E-state index in [-0.39, 0.29) is 23.6 Å². The van der Waals surface area contributed by atoms with Crippen LogP contribution in [0.2, 0.25) is 5.31 Å². The number of nitrogens with zero attached hydrogens (tertiary/aromatic N) is 1. The van der Waals surface area contributed by atoms with Crippen LogP contribution in [0.25, 0.3) is 0 Å². The maximum atomic E-state index is 14.0. The van der Waals surface area contributed by atoms with Gasteiger partial charge in [-0.05, 0) is 70.7 Å². The van der Waals surface area contributed by atoms with Gasteiger partial charge in [-0.1, -0.05) is 6.07 Å². The maximum absolute atomic E-state index is 14.0. The Hall–Kier alpha value is -1.25. The molecule has 0 N–H and O–H groups in total. The highest BCUT2D eigenvalue weighted by molar-refractivity contribution is 6.51. The van der Waals surface area contributed by atoms with Crippen molar-refractivity contribution in [3.8, 4) is 5.75 Å². The van der Waals surface area contributed by atoms with Crippen LogP contribution in [0.4, 0.5) is 13.2 Å². The highest BCUT2D eigenvalue weighted by Crippen LogP contribution is 2.69. The Bertz CT molecular complexity index is 744. The van der Waals surface area contributed by atoms with Gasteiger partial charge in [0, 0.05) is 18.4 Å². The lowest BCUT2D eigenvalue weighted by Gasteiger charge is -2.32. The Morgan fingerprint density at radius 3 is 2.46 bits per heavy atom. The van der Waals surface area contributed by atoms with Crippen molar-refractivity contribution in [1.29, 1.82) is 0 Å². The van der Waals surface area contributed by atoms with E-state index in [2.05, 4.69) is 37.3 Å². The SMILES string of the molecule is CC1(C)OB(C23CCN(Cc4ccc(OC(F)F)c(F)c4)CC2C3)OC1(C)C. The largest absolute Gasteiger partial charge is 0.464 e. The quantitative estimate of drug-likeness (QED) is 0.686. The van der Waals surface area contributed by atoms with Gasteiger partial charge in [-0.3, -0.25) is 4.90 Å². The molecule has 1 aromatic rings. The molecule has 8 heteroatoms. The van der Waals surface area contributed by atoms with Crippen LogP contribution in [0.5, 0.6) is 5.75 Å². The molecule has 0 spiro atoms. The van der Waals surface area contributed by atoms with Crippen LogP contribution in [0.15, 0.2) is 18.2 Å². The van der Waals surface area contributed by atoms with Crippen LogP contribution in [-0.2, 0) is 15.9 Å². The first-order valence-electron chi connectivity index (χ1n) is 9.84. The summed E-state index contributed by atoms with van der Waals surface area (Å²) in [7, 11) is -0.173. The number of likely N-dealkylation sites (tertiary alicyclic amines) is 1. The molecule has 4 nitrogen and oxygen atoms in total. The Balaban J connectivity index is 1.36. The first kappa shape index (κ1) is 20.0. The fourth-order valence-electron chi connectivity index (χ4n) is 4.44. The fourth-order valence-corrected chi connectivity index (χ4v) is 4.44. The normalized spacial score (nSPS) is 31.1. The Kier molecular flexibility index (Phi) is 4.75. The van der Waals surface area contributed by atoms with Gasteiger partial charge in [0.05, 0.1) is 11.2 Å². The van der Waals surface area contributed by atoms with Crippen molar-refractivity contribution in [2.24, 2.45) is 5.92 Å². The monoisotopic (exact) mass is 397 g/mol. The first-order chi connectivity index (χ1) is 13.0. The minimum absolute atomic E-state index is 0.0851. The van der Waals surface area contributed by atoms with Gasteiger partial charge in [-0.15, -0.1) is 0 Å². The molecule has 2 saturated heterocycles. The van der Waals surface area contributed by atoms with Crippen molar-refractivity contribution in [2.45, 2.75) is 70.2 Å². The highest BCUT2D eigenvalue weighted by Gasteiger charge is 2.70. The average Bonchev–Trinajstić information content (AvgIpc) is 3.25. The Labute approximate surface area is 164 Å². The van der Waals surface area contributed by atoms with E-state index in [0.29, 0.717) is 12.5 Å². The molecule has 0 aromatic heterocycles. The summed E-state index contributed by atoms with van der Waals surface area (Å²) in [5, 5.41) is 0.0851. The van der Waals surface area contributed by atoms with Crippen LogP contribution < -0.4 is 4.74 Å². The van der Waals surface area contributed by atoms with E-state index >= 15 is 0 Å². The van der Waals surface area contributed by atoms with Crippen LogP contribution in [0.1, 0.15) is 46.1 Å². The number of fused-ring (bicyclic) bond motifs is 1. The number of alkyl halides is 2. The highest BCUT2D eigenvalue weighted by atomic mass is 19.3. The van der Waals surface area contributed by atoms with Gasteiger partial charge in [0.25, 0.3) is 0 Å². The molecular formula is C20H27BF3NO3. The summed E-state index contributed by atoms with van der Waals surface area (Å²) in [6.07, 6.45) is 2.05. The van der Waals surface area contributed by atoms with Gasteiger partial charge in [-0.2, -0.15) is 8.78 Å². The fraction of sp³-hybridized carbons (Fsp3) is 0.700. The molecule has 28 heavy (non-hydrogen) atoms. The summed E-state index contributed by atoms with van der Waals surface area (Å²) in [5.74, 6) is -0.672. The second-order valence-electron chi connectivity index (χ2n) is 9.35. The molecule has 154 valence electrons. The molecule has 4 rings (SSSR count). The number of benzene rings is 1. The topological polar surface area (TPSA) is 30.9 Å². The summed E-state index contributed by atoms with van der Waals surface area (Å²) in [5.41, 5.74) is 0.106. The zero-order chi connectivity index (χ0) is 20.3. The lowest BCUT2D eigenvalue weighted by atomic mass is 9.63. The predicted molar refractivity (Wildman–Crippen MR) is 99.8 cm³/mol. The van der Waals surface area contributed by atoms with Crippen molar-refractivity contribution in [1.82, 2.24) is 4.90 Å². The molecule has 3 fully saturated rings. The van der Waals surface area contributed by atoms with Crippen molar-refractivity contribution in [2.75, 3.05) is 13.1 Å². The summed E-state index contributed by atoms with van der Waals surface area (Å²) in [6, 6.07) is 4.19. The molecular weight excluding hydrogens is 370 g/mol. The number of halogens is 3. The van der Waals surface area contributed by atoms with Crippen LogP contribution >= 0.6 is 0 Å². The summed E-state index contributed by atoms with van der Waals surface area (Å²) in [6.45, 7) is 7.64. The third-order valence-electron chi connectivity index (χ3n) is 6.99. The first-order valence-corrected chi connectivity index (χ1v) is 9.84. The van der Waals surface area contributed by atoms with E-state index in [4.69, 9.17) is 9.31 Å². The van der Waals surface area contributed by atoms with Crippen molar-refractivity contribution in [3.05, 3.63) is 29.6 Å². The second kappa shape index (κ2) is 6.64. The van der Waals surface area contributed by atoms with E-state index in [1.54, 1.807) is 6.07 Å². The third-order valence-corrected chi connectivity index (χ3v) is 6.99. The van der Waals surface area contributed by atoms with Gasteiger partial charge in [0.1, 0.15) is 0 Å². The second-order valence-corrected chi connectivity index (χ2v) is 9.35. The van der Waals surface area contributed by atoms with Crippen molar-refractivity contribution < 1.29 is 27.2 Å². The predicted octanol–water partition coefficient (Wildman–Crippen LogP) is 4.49. The van der Waals surface area contributed by atoms with Crippen LogP contribution in [0, 0.1) is 11.7 Å².